The van der Waals surface area contributed by atoms with Crippen LogP contribution >= 0.6 is 0 Å². The average molecular weight is 403 g/mol. The van der Waals surface area contributed by atoms with Crippen molar-refractivity contribution in [3.63, 3.8) is 0 Å². The highest BCUT2D eigenvalue weighted by atomic mass is 16.4. The lowest BCUT2D eigenvalue weighted by Crippen LogP contribution is -2.34. The number of hydrogen-bond acceptors (Lipinski definition) is 5. The summed E-state index contributed by atoms with van der Waals surface area (Å²) in [6.45, 7) is 4.60. The normalized spacial score (nSPS) is 19.8. The van der Waals surface area contributed by atoms with Crippen LogP contribution in [0.4, 0.5) is 10.6 Å². The molecule has 4 N–H and O–H groups in total. The molecule has 2 amide bonds. The van der Waals surface area contributed by atoms with E-state index in [-0.39, 0.29) is 18.4 Å². The van der Waals surface area contributed by atoms with Crippen molar-refractivity contribution in [3.8, 4) is 0 Å². The predicted octanol–water partition coefficient (Wildman–Crippen LogP) is 2.52. The largest absolute Gasteiger partial charge is 0.465 e. The third kappa shape index (κ3) is 5.78. The molecule has 0 aromatic carbocycles. The van der Waals surface area contributed by atoms with Crippen molar-refractivity contribution >= 4 is 17.8 Å². The van der Waals surface area contributed by atoms with Crippen molar-refractivity contribution in [1.29, 1.82) is 0 Å². The maximum absolute atomic E-state index is 12.2. The molecule has 2 heterocycles. The second kappa shape index (κ2) is 9.53. The quantitative estimate of drug-likeness (QED) is 0.507. The number of rotatable bonds is 9. The average Bonchev–Trinajstić information content (AvgIpc) is 3.41. The monoisotopic (exact) mass is 403 g/mol. The van der Waals surface area contributed by atoms with Crippen LogP contribution in [0.5, 0.6) is 0 Å². The molecule has 0 aliphatic heterocycles. The molecule has 1 saturated carbocycles. The highest BCUT2D eigenvalue weighted by Crippen LogP contribution is 2.40. The van der Waals surface area contributed by atoms with Crippen LogP contribution in [-0.4, -0.2) is 48.3 Å². The number of hydrogen-bond donors (Lipinski definition) is 4. The van der Waals surface area contributed by atoms with Crippen molar-refractivity contribution in [2.45, 2.75) is 70.9 Å². The van der Waals surface area contributed by atoms with E-state index in [1.54, 1.807) is 11.0 Å². The van der Waals surface area contributed by atoms with Gasteiger partial charge in [-0.25, -0.2) is 4.79 Å². The van der Waals surface area contributed by atoms with Gasteiger partial charge in [-0.15, -0.1) is 0 Å². The fourth-order valence-corrected chi connectivity index (χ4v) is 4.00. The van der Waals surface area contributed by atoms with Crippen molar-refractivity contribution in [2.24, 2.45) is 5.92 Å². The van der Waals surface area contributed by atoms with Gasteiger partial charge >= 0.3 is 6.09 Å². The first kappa shape index (κ1) is 20.8. The van der Waals surface area contributed by atoms with Gasteiger partial charge in [-0.3, -0.25) is 9.89 Å². The second-order valence-electron chi connectivity index (χ2n) is 7.62. The van der Waals surface area contributed by atoms with E-state index in [9.17, 15) is 9.59 Å². The first-order valence-corrected chi connectivity index (χ1v) is 10.2. The Morgan fingerprint density at radius 2 is 2.21 bits per heavy atom. The predicted molar refractivity (Wildman–Crippen MR) is 107 cm³/mol. The summed E-state index contributed by atoms with van der Waals surface area (Å²) in [7, 11) is 0. The van der Waals surface area contributed by atoms with Crippen molar-refractivity contribution in [3.05, 3.63) is 23.7 Å². The molecule has 10 nitrogen and oxygen atoms in total. The first-order valence-electron chi connectivity index (χ1n) is 10.2. The number of anilines is 1. The van der Waals surface area contributed by atoms with Gasteiger partial charge in [-0.2, -0.15) is 20.1 Å². The third-order valence-corrected chi connectivity index (χ3v) is 5.49. The minimum absolute atomic E-state index is 0.00135. The number of carboxylic acid groups (broad SMARTS) is 1. The van der Waals surface area contributed by atoms with Crippen LogP contribution in [0.1, 0.15) is 63.3 Å². The van der Waals surface area contributed by atoms with Gasteiger partial charge in [0.1, 0.15) is 0 Å². The molecule has 3 atom stereocenters. The van der Waals surface area contributed by atoms with Crippen molar-refractivity contribution in [2.75, 3.05) is 5.32 Å². The van der Waals surface area contributed by atoms with Gasteiger partial charge in [0, 0.05) is 23.7 Å². The molecule has 0 spiro atoms. The van der Waals surface area contributed by atoms with Gasteiger partial charge in [-0.05, 0) is 44.9 Å². The van der Waals surface area contributed by atoms with Crippen molar-refractivity contribution < 1.29 is 14.7 Å². The highest BCUT2D eigenvalue weighted by Gasteiger charge is 2.29. The fraction of sp³-hybridized carbons (Fsp3) is 0.632. The zero-order valence-electron chi connectivity index (χ0n) is 16.9. The molecule has 3 rings (SSSR count). The Morgan fingerprint density at radius 1 is 1.38 bits per heavy atom. The minimum atomic E-state index is -0.961. The molecular weight excluding hydrogens is 374 g/mol. The number of H-pyrrole nitrogens is 1. The standard InChI is InChI=1S/C19H29N7O3/c1-3-14(21-19(28)29)8-12-5-6-13(7-12)16-10-17(24-23-16)22-18(27)9-15-11-20-26(4-2)25-15/h10-14,21H,3-9H2,1-2H3,(H,28,29)(H2,22,23,24,27). The van der Waals surface area contributed by atoms with E-state index >= 15 is 0 Å². The Labute approximate surface area is 169 Å². The lowest BCUT2D eigenvalue weighted by molar-refractivity contribution is -0.115. The molecule has 0 radical (unpaired) electrons. The van der Waals surface area contributed by atoms with Crippen LogP contribution in [0, 0.1) is 5.92 Å². The van der Waals surface area contributed by atoms with Gasteiger partial charge in [0.2, 0.25) is 5.91 Å². The molecule has 1 aliphatic carbocycles. The summed E-state index contributed by atoms with van der Waals surface area (Å²) in [5.74, 6) is 1.17. The van der Waals surface area contributed by atoms with Crippen LogP contribution in [0.3, 0.4) is 0 Å². The summed E-state index contributed by atoms with van der Waals surface area (Å²) >= 11 is 0. The zero-order valence-corrected chi connectivity index (χ0v) is 16.9. The van der Waals surface area contributed by atoms with Crippen LogP contribution in [0.2, 0.25) is 0 Å². The van der Waals surface area contributed by atoms with Gasteiger partial charge in [0.15, 0.2) is 5.82 Å². The number of carbonyl (C=O) groups excluding carboxylic acids is 1. The van der Waals surface area contributed by atoms with E-state index in [0.29, 0.717) is 29.9 Å². The third-order valence-electron chi connectivity index (χ3n) is 5.49. The number of carbonyl (C=O) groups is 2. The highest BCUT2D eigenvalue weighted by molar-refractivity contribution is 5.91. The molecule has 3 unspecified atom stereocenters. The summed E-state index contributed by atoms with van der Waals surface area (Å²) in [6.07, 6.45) is 5.53. The number of amides is 2. The summed E-state index contributed by atoms with van der Waals surface area (Å²) in [4.78, 5) is 24.6. The Morgan fingerprint density at radius 3 is 2.90 bits per heavy atom. The fourth-order valence-electron chi connectivity index (χ4n) is 4.00. The molecular formula is C19H29N7O3. The lowest BCUT2D eigenvalue weighted by Gasteiger charge is -2.19. The first-order chi connectivity index (χ1) is 14.0. The number of nitrogens with zero attached hydrogens (tertiary/aromatic N) is 4. The summed E-state index contributed by atoms with van der Waals surface area (Å²) in [6, 6.07) is 1.89. The van der Waals surface area contributed by atoms with Gasteiger partial charge in [-0.1, -0.05) is 6.92 Å². The molecule has 29 heavy (non-hydrogen) atoms. The van der Waals surface area contributed by atoms with Gasteiger partial charge in [0.25, 0.3) is 0 Å². The molecule has 0 bridgehead atoms. The molecule has 1 aliphatic rings. The summed E-state index contributed by atoms with van der Waals surface area (Å²) in [5, 5.41) is 29.9. The van der Waals surface area contributed by atoms with Crippen molar-refractivity contribution in [1.82, 2.24) is 30.5 Å². The number of aryl methyl sites for hydroxylation is 1. The smallest absolute Gasteiger partial charge is 0.404 e. The van der Waals surface area contributed by atoms with E-state index in [2.05, 4.69) is 31.0 Å². The zero-order chi connectivity index (χ0) is 20.8. The van der Waals surface area contributed by atoms with E-state index in [1.165, 1.54) is 0 Å². The number of aromatic amines is 1. The minimum Gasteiger partial charge on any atom is -0.465 e. The number of nitrogens with one attached hydrogen (secondary N) is 3. The van der Waals surface area contributed by atoms with E-state index in [0.717, 1.165) is 37.8 Å². The number of aromatic nitrogens is 5. The van der Waals surface area contributed by atoms with E-state index in [4.69, 9.17) is 5.11 Å². The molecule has 2 aromatic heterocycles. The maximum atomic E-state index is 12.2. The Hall–Kier alpha value is -2.91. The molecule has 1 fully saturated rings. The van der Waals surface area contributed by atoms with Gasteiger partial charge < -0.3 is 15.7 Å². The van der Waals surface area contributed by atoms with E-state index < -0.39 is 6.09 Å². The molecule has 2 aromatic rings. The molecule has 10 heteroatoms. The Bertz CT molecular complexity index is 831. The molecule has 158 valence electrons. The van der Waals surface area contributed by atoms with Crippen LogP contribution in [0.25, 0.3) is 0 Å². The SMILES string of the molecule is CCC(CC1CCC(c2cc(NC(=O)Cc3cnn(CC)n3)n[nH]2)C1)NC(=O)O. The second-order valence-corrected chi connectivity index (χ2v) is 7.62. The van der Waals surface area contributed by atoms with Crippen LogP contribution in [0.15, 0.2) is 12.3 Å². The van der Waals surface area contributed by atoms with Crippen LogP contribution < -0.4 is 10.6 Å². The Balaban J connectivity index is 1.49. The Kier molecular flexibility index (Phi) is 6.84. The van der Waals surface area contributed by atoms with Crippen LogP contribution in [-0.2, 0) is 17.8 Å². The maximum Gasteiger partial charge on any atom is 0.404 e. The topological polar surface area (TPSA) is 138 Å². The molecule has 0 saturated heterocycles. The lowest BCUT2D eigenvalue weighted by atomic mass is 9.95. The van der Waals surface area contributed by atoms with Gasteiger partial charge in [0.05, 0.1) is 24.9 Å². The van der Waals surface area contributed by atoms with E-state index in [1.807, 2.05) is 19.9 Å². The summed E-state index contributed by atoms with van der Waals surface area (Å²) in [5.41, 5.74) is 1.64. The summed E-state index contributed by atoms with van der Waals surface area (Å²) < 4.78 is 0.